The van der Waals surface area contributed by atoms with Crippen LogP contribution in [0.15, 0.2) is 48.6 Å². The minimum absolute atomic E-state index is 0.696. The Balaban J connectivity index is 1.37. The number of allylic oxidation sites excluding steroid dienone is 4. The van der Waals surface area contributed by atoms with Crippen molar-refractivity contribution in [3.63, 3.8) is 0 Å². The smallest absolute Gasteiger partial charge is 0.0991 e. The van der Waals surface area contributed by atoms with Crippen LogP contribution in [-0.2, 0) is 0 Å². The number of hydrogen-bond donors (Lipinski definition) is 0. The van der Waals surface area contributed by atoms with Crippen LogP contribution in [0.5, 0.6) is 0 Å². The van der Waals surface area contributed by atoms with Crippen molar-refractivity contribution in [3.8, 4) is 12.1 Å². The number of rotatable bonds is 6. The van der Waals surface area contributed by atoms with Gasteiger partial charge in [0.15, 0.2) is 0 Å². The summed E-state index contributed by atoms with van der Waals surface area (Å²) in [5, 5.41) is 17.4. The lowest BCUT2D eigenvalue weighted by Gasteiger charge is -2.38. The van der Waals surface area contributed by atoms with E-state index in [0.29, 0.717) is 5.92 Å². The minimum Gasteiger partial charge on any atom is -0.193 e. The van der Waals surface area contributed by atoms with Crippen LogP contribution in [0.3, 0.4) is 0 Å². The van der Waals surface area contributed by atoms with Crippen LogP contribution in [0.4, 0.5) is 0 Å². The van der Waals surface area contributed by atoms with Crippen molar-refractivity contribution in [2.75, 3.05) is 0 Å². The lowest BCUT2D eigenvalue weighted by Crippen LogP contribution is -2.25. The monoisotopic (exact) mass is 372 g/mol. The zero-order valence-corrected chi connectivity index (χ0v) is 16.9. The first-order valence-corrected chi connectivity index (χ1v) is 11.0. The van der Waals surface area contributed by atoms with Gasteiger partial charge in [-0.1, -0.05) is 43.2 Å². The molecule has 2 aliphatic carbocycles. The van der Waals surface area contributed by atoms with Gasteiger partial charge in [0, 0.05) is 6.08 Å². The van der Waals surface area contributed by atoms with E-state index in [1.165, 1.54) is 69.4 Å². The SMILES string of the molecule is N#C/C=C/C=C/CCC1CCC([C@H]2CC[C@H](c3ccc(C#N)cc3)CC2)CC1. The average molecular weight is 373 g/mol. The predicted molar refractivity (Wildman–Crippen MR) is 114 cm³/mol. The summed E-state index contributed by atoms with van der Waals surface area (Å²) in [6, 6.07) is 12.5. The molecule has 0 aliphatic heterocycles. The van der Waals surface area contributed by atoms with Crippen molar-refractivity contribution in [1.82, 2.24) is 0 Å². The van der Waals surface area contributed by atoms with E-state index in [0.717, 1.165) is 29.7 Å². The molecule has 0 bridgehead atoms. The second-order valence-corrected chi connectivity index (χ2v) is 8.62. The topological polar surface area (TPSA) is 47.6 Å². The maximum Gasteiger partial charge on any atom is 0.0991 e. The fraction of sp³-hybridized carbons (Fsp3) is 0.538. The normalized spacial score (nSPS) is 28.2. The fourth-order valence-electron chi connectivity index (χ4n) is 5.31. The van der Waals surface area contributed by atoms with Crippen molar-refractivity contribution in [1.29, 1.82) is 10.5 Å². The minimum atomic E-state index is 0.696. The molecule has 0 N–H and O–H groups in total. The van der Waals surface area contributed by atoms with E-state index in [4.69, 9.17) is 10.5 Å². The molecule has 2 nitrogen and oxygen atoms in total. The van der Waals surface area contributed by atoms with Crippen LogP contribution >= 0.6 is 0 Å². The highest BCUT2D eigenvalue weighted by molar-refractivity contribution is 5.33. The maximum absolute atomic E-state index is 8.96. The van der Waals surface area contributed by atoms with Gasteiger partial charge >= 0.3 is 0 Å². The van der Waals surface area contributed by atoms with E-state index in [-0.39, 0.29) is 0 Å². The number of nitrogens with zero attached hydrogens (tertiary/aromatic N) is 2. The average Bonchev–Trinajstić information content (AvgIpc) is 2.77. The molecule has 2 saturated carbocycles. The molecule has 28 heavy (non-hydrogen) atoms. The molecule has 3 rings (SSSR count). The third-order valence-electron chi connectivity index (χ3n) is 7.00. The van der Waals surface area contributed by atoms with Crippen LogP contribution < -0.4 is 0 Å². The zero-order valence-electron chi connectivity index (χ0n) is 16.9. The highest BCUT2D eigenvalue weighted by Gasteiger charge is 2.31. The Bertz CT molecular complexity index is 728. The van der Waals surface area contributed by atoms with E-state index in [1.54, 1.807) is 0 Å². The van der Waals surface area contributed by atoms with Gasteiger partial charge in [-0.15, -0.1) is 0 Å². The third-order valence-corrected chi connectivity index (χ3v) is 7.00. The van der Waals surface area contributed by atoms with E-state index in [2.05, 4.69) is 24.3 Å². The molecule has 0 aromatic heterocycles. The molecule has 0 amide bonds. The summed E-state index contributed by atoms with van der Waals surface area (Å²) >= 11 is 0. The Hall–Kier alpha value is -2.32. The first-order chi connectivity index (χ1) is 13.8. The van der Waals surface area contributed by atoms with Gasteiger partial charge in [-0.05, 0) is 92.7 Å². The van der Waals surface area contributed by atoms with Gasteiger partial charge in [-0.25, -0.2) is 0 Å². The molecule has 2 fully saturated rings. The summed E-state index contributed by atoms with van der Waals surface area (Å²) in [7, 11) is 0. The molecule has 0 spiro atoms. The lowest BCUT2D eigenvalue weighted by atomic mass is 9.68. The Morgan fingerprint density at radius 1 is 0.821 bits per heavy atom. The number of hydrogen-bond acceptors (Lipinski definition) is 2. The summed E-state index contributed by atoms with van der Waals surface area (Å²) < 4.78 is 0. The standard InChI is InChI=1S/C26H32N2/c27-19-5-3-1-2-4-6-21-7-11-23(12-8-21)25-15-17-26(18-16-25)24-13-9-22(20-28)10-14-24/h1-3,5,9-10,13-14,21,23,25-26H,4,6-8,11-12,15-18H2/b2-1+,5-3+/t21?,23?,25-,26-. The quantitative estimate of drug-likeness (QED) is 0.396. The van der Waals surface area contributed by atoms with Crippen molar-refractivity contribution in [2.45, 2.75) is 70.1 Å². The highest BCUT2D eigenvalue weighted by atomic mass is 14.4. The Kier molecular flexibility index (Phi) is 7.93. The molecular weight excluding hydrogens is 340 g/mol. The fourth-order valence-corrected chi connectivity index (χ4v) is 5.31. The number of benzene rings is 1. The molecule has 0 saturated heterocycles. The van der Waals surface area contributed by atoms with Crippen molar-refractivity contribution >= 4 is 0 Å². The molecule has 146 valence electrons. The molecular formula is C26H32N2. The molecule has 0 atom stereocenters. The van der Waals surface area contributed by atoms with Gasteiger partial charge in [0.25, 0.3) is 0 Å². The second-order valence-electron chi connectivity index (χ2n) is 8.62. The summed E-state index contributed by atoms with van der Waals surface area (Å²) in [6.45, 7) is 0. The Labute approximate surface area is 170 Å². The maximum atomic E-state index is 8.96. The largest absolute Gasteiger partial charge is 0.193 e. The lowest BCUT2D eigenvalue weighted by molar-refractivity contribution is 0.157. The molecule has 0 heterocycles. The van der Waals surface area contributed by atoms with Crippen LogP contribution in [0.2, 0.25) is 0 Å². The number of nitriles is 2. The van der Waals surface area contributed by atoms with Gasteiger partial charge in [0.2, 0.25) is 0 Å². The summed E-state index contributed by atoms with van der Waals surface area (Å²) in [6.07, 6.45) is 21.1. The van der Waals surface area contributed by atoms with E-state index >= 15 is 0 Å². The van der Waals surface area contributed by atoms with Gasteiger partial charge in [-0.2, -0.15) is 10.5 Å². The van der Waals surface area contributed by atoms with Gasteiger partial charge < -0.3 is 0 Å². The highest BCUT2D eigenvalue weighted by Crippen LogP contribution is 2.44. The summed E-state index contributed by atoms with van der Waals surface area (Å²) in [5.41, 5.74) is 2.20. The Morgan fingerprint density at radius 3 is 2.07 bits per heavy atom. The van der Waals surface area contributed by atoms with E-state index < -0.39 is 0 Å². The molecule has 2 heteroatoms. The van der Waals surface area contributed by atoms with Crippen molar-refractivity contribution < 1.29 is 0 Å². The van der Waals surface area contributed by atoms with Crippen LogP contribution in [-0.4, -0.2) is 0 Å². The second kappa shape index (κ2) is 10.9. The van der Waals surface area contributed by atoms with Gasteiger partial charge in [0.1, 0.15) is 0 Å². The van der Waals surface area contributed by atoms with E-state index in [1.807, 2.05) is 30.4 Å². The zero-order chi connectivity index (χ0) is 19.6. The van der Waals surface area contributed by atoms with Crippen LogP contribution in [0.1, 0.15) is 81.3 Å². The first kappa shape index (κ1) is 20.4. The van der Waals surface area contributed by atoms with Crippen LogP contribution in [0, 0.1) is 40.4 Å². The van der Waals surface area contributed by atoms with Gasteiger partial charge in [0.05, 0.1) is 17.7 Å². The first-order valence-electron chi connectivity index (χ1n) is 11.0. The molecule has 0 unspecified atom stereocenters. The molecule has 0 radical (unpaired) electrons. The Morgan fingerprint density at radius 2 is 1.46 bits per heavy atom. The molecule has 1 aromatic carbocycles. The van der Waals surface area contributed by atoms with Crippen LogP contribution in [0.25, 0.3) is 0 Å². The molecule has 2 aliphatic rings. The third kappa shape index (κ3) is 5.84. The summed E-state index contributed by atoms with van der Waals surface area (Å²) in [5.74, 6) is 3.48. The molecule has 1 aromatic rings. The van der Waals surface area contributed by atoms with Gasteiger partial charge in [-0.3, -0.25) is 0 Å². The predicted octanol–water partition coefficient (Wildman–Crippen LogP) is 7.05. The van der Waals surface area contributed by atoms with Crippen molar-refractivity contribution in [2.24, 2.45) is 17.8 Å². The van der Waals surface area contributed by atoms with Crippen molar-refractivity contribution in [3.05, 3.63) is 59.7 Å². The van der Waals surface area contributed by atoms with E-state index in [9.17, 15) is 0 Å². The summed E-state index contributed by atoms with van der Waals surface area (Å²) in [4.78, 5) is 0.